The summed E-state index contributed by atoms with van der Waals surface area (Å²) < 4.78 is 41.3. The fourth-order valence-corrected chi connectivity index (χ4v) is 4.17. The number of para-hydroxylation sites is 1. The van der Waals surface area contributed by atoms with Gasteiger partial charge >= 0.3 is 12.0 Å². The number of aliphatic imine (C=N–C) groups is 1. The topological polar surface area (TPSA) is 71.4 Å². The van der Waals surface area contributed by atoms with Gasteiger partial charge in [0, 0.05) is 18.3 Å². The highest BCUT2D eigenvalue weighted by Crippen LogP contribution is 2.53. The molecule has 1 amide bonds. The smallest absolute Gasteiger partial charge is 0.320 e. The van der Waals surface area contributed by atoms with Crippen molar-refractivity contribution in [2.24, 2.45) is 4.99 Å². The predicted molar refractivity (Wildman–Crippen MR) is 120 cm³/mol. The summed E-state index contributed by atoms with van der Waals surface area (Å²) in [6, 6.07) is 11.5. The molecule has 2 heterocycles. The van der Waals surface area contributed by atoms with Crippen molar-refractivity contribution in [1.29, 1.82) is 0 Å². The molecule has 4 rings (SSSR count). The first-order valence-electron chi connectivity index (χ1n) is 9.27. The number of carbonyl (C=O) groups is 1. The largest absolute Gasteiger partial charge is 0.488 e. The molecule has 1 aliphatic rings. The standard InChI is InChI=1S/C22H11Cl2F3N4O2/c23-14-5-1-6-15(24)18(14)20(33)29-16-7-2-8-17-19(16)30-21(22(25,26)27)31(17,10-11-32)13-4-3-9-28-12-13/h1-10,12H/p+1. The van der Waals surface area contributed by atoms with Crippen molar-refractivity contribution in [2.75, 3.05) is 5.32 Å². The number of pyridine rings is 1. The van der Waals surface area contributed by atoms with Gasteiger partial charge in [-0.3, -0.25) is 9.78 Å². The second-order valence-corrected chi connectivity index (χ2v) is 7.65. The summed E-state index contributed by atoms with van der Waals surface area (Å²) in [5.74, 6) is -0.590. The molecule has 0 bridgehead atoms. The van der Waals surface area contributed by atoms with Crippen LogP contribution in [0.1, 0.15) is 10.4 Å². The molecule has 6 nitrogen and oxygen atoms in total. The van der Waals surface area contributed by atoms with Gasteiger partial charge in [-0.1, -0.05) is 35.3 Å². The molecule has 2 aromatic carbocycles. The van der Waals surface area contributed by atoms with Gasteiger partial charge in [0.2, 0.25) is 0 Å². The number of halogens is 5. The highest BCUT2D eigenvalue weighted by Gasteiger charge is 2.59. The maximum absolute atomic E-state index is 14.2. The summed E-state index contributed by atoms with van der Waals surface area (Å²) in [7, 11) is 0. The van der Waals surface area contributed by atoms with E-state index in [0.717, 1.165) is 0 Å². The first-order chi connectivity index (χ1) is 15.7. The number of hydrogen-bond donors (Lipinski definition) is 1. The average Bonchev–Trinajstić information content (AvgIpc) is 3.11. The number of alkyl halides is 3. The minimum absolute atomic E-state index is 0.00768. The summed E-state index contributed by atoms with van der Waals surface area (Å²) in [5.41, 5.74) is -0.276. The lowest BCUT2D eigenvalue weighted by molar-refractivity contribution is -0.0643. The zero-order valence-electron chi connectivity index (χ0n) is 16.4. The van der Waals surface area contributed by atoms with E-state index in [1.54, 1.807) is 6.07 Å². The fourth-order valence-electron chi connectivity index (χ4n) is 3.60. The number of aromatic nitrogens is 1. The quantitative estimate of drug-likeness (QED) is 0.347. The maximum atomic E-state index is 14.2. The molecule has 0 saturated carbocycles. The number of fused-ring (bicyclic) bond motifs is 1. The molecule has 0 fully saturated rings. The molecule has 1 unspecified atom stereocenters. The van der Waals surface area contributed by atoms with Gasteiger partial charge in [0.05, 0.1) is 27.5 Å². The first-order valence-corrected chi connectivity index (χ1v) is 10.0. The number of amidine groups is 1. The lowest BCUT2D eigenvalue weighted by Gasteiger charge is -2.29. The minimum atomic E-state index is -4.93. The van der Waals surface area contributed by atoms with Crippen molar-refractivity contribution in [2.45, 2.75) is 6.18 Å². The number of rotatable bonds is 4. The Labute approximate surface area is 195 Å². The summed E-state index contributed by atoms with van der Waals surface area (Å²) in [6.07, 6.45) is -1.66. The van der Waals surface area contributed by atoms with Crippen LogP contribution in [0.25, 0.3) is 0 Å². The summed E-state index contributed by atoms with van der Waals surface area (Å²) in [6.45, 7) is 0. The van der Waals surface area contributed by atoms with Crippen molar-refractivity contribution >= 4 is 63.6 Å². The summed E-state index contributed by atoms with van der Waals surface area (Å²) in [5, 5.41) is 2.66. The van der Waals surface area contributed by atoms with E-state index in [1.807, 2.05) is 0 Å². The first kappa shape index (κ1) is 22.7. The third-order valence-corrected chi connectivity index (χ3v) is 5.57. The number of nitrogens with one attached hydrogen (secondary N) is 1. The Hall–Kier alpha value is -3.49. The molecule has 0 saturated heterocycles. The predicted octanol–water partition coefficient (Wildman–Crippen LogP) is 6.23. The molecular formula is C22H12Cl2F3N4O2+. The minimum Gasteiger partial charge on any atom is -0.320 e. The van der Waals surface area contributed by atoms with Crippen LogP contribution < -0.4 is 9.80 Å². The molecule has 166 valence electrons. The molecular weight excluding hydrogens is 480 g/mol. The van der Waals surface area contributed by atoms with E-state index in [9.17, 15) is 22.8 Å². The molecule has 1 aromatic heterocycles. The van der Waals surface area contributed by atoms with Gasteiger partial charge in [0.15, 0.2) is 29.2 Å². The van der Waals surface area contributed by atoms with Crippen molar-refractivity contribution in [1.82, 2.24) is 9.47 Å². The van der Waals surface area contributed by atoms with E-state index in [2.05, 4.69) is 15.3 Å². The second-order valence-electron chi connectivity index (χ2n) is 6.84. The number of hydrogen-bond acceptors (Lipinski definition) is 4. The molecule has 3 aromatic rings. The number of carbonyl (C=O) groups excluding carboxylic acids is 2. The summed E-state index contributed by atoms with van der Waals surface area (Å²) in [4.78, 5) is 32.0. The Balaban J connectivity index is 1.92. The molecule has 1 aliphatic heterocycles. The fraction of sp³-hybridized carbons (Fsp3) is 0.0455. The zero-order valence-corrected chi connectivity index (χ0v) is 17.9. The molecule has 1 atom stereocenters. The number of nitrogens with zero attached hydrogens (tertiary/aromatic N) is 3. The van der Waals surface area contributed by atoms with Crippen molar-refractivity contribution in [3.05, 3.63) is 82.7 Å². The number of amides is 1. The Morgan fingerprint density at radius 2 is 1.76 bits per heavy atom. The highest BCUT2D eigenvalue weighted by atomic mass is 35.5. The molecule has 1 N–H and O–H groups in total. The van der Waals surface area contributed by atoms with Crippen LogP contribution in [0.15, 0.2) is 72.1 Å². The van der Waals surface area contributed by atoms with Crippen LogP contribution in [0.4, 0.5) is 35.9 Å². The van der Waals surface area contributed by atoms with Crippen molar-refractivity contribution < 1.29 is 22.8 Å². The van der Waals surface area contributed by atoms with Gasteiger partial charge in [-0.25, -0.2) is 4.79 Å². The maximum Gasteiger partial charge on any atom is 0.488 e. The van der Waals surface area contributed by atoms with Crippen molar-refractivity contribution in [3.63, 3.8) is 0 Å². The Morgan fingerprint density at radius 1 is 1.06 bits per heavy atom. The van der Waals surface area contributed by atoms with E-state index in [4.69, 9.17) is 23.2 Å². The van der Waals surface area contributed by atoms with Crippen LogP contribution in [-0.2, 0) is 4.79 Å². The van der Waals surface area contributed by atoms with Gasteiger partial charge in [0.25, 0.3) is 5.91 Å². The average molecular weight is 492 g/mol. The monoisotopic (exact) mass is 491 g/mol. The van der Waals surface area contributed by atoms with Gasteiger partial charge in [-0.2, -0.15) is 22.6 Å². The van der Waals surface area contributed by atoms with Gasteiger partial charge in [-0.05, 0) is 24.3 Å². The number of benzene rings is 2. The normalized spacial score (nSPS) is 17.1. The highest BCUT2D eigenvalue weighted by molar-refractivity contribution is 6.40. The van der Waals surface area contributed by atoms with Crippen LogP contribution in [0.3, 0.4) is 0 Å². The lowest BCUT2D eigenvalue weighted by atomic mass is 10.1. The van der Waals surface area contributed by atoms with Gasteiger partial charge < -0.3 is 5.32 Å². The number of quaternary nitrogens is 1. The Bertz CT molecular complexity index is 1320. The Kier molecular flexibility index (Phi) is 5.82. The molecule has 0 aliphatic carbocycles. The lowest BCUT2D eigenvalue weighted by Crippen LogP contribution is -2.50. The van der Waals surface area contributed by atoms with E-state index < -0.39 is 22.4 Å². The van der Waals surface area contributed by atoms with Crippen LogP contribution in [-0.4, -0.2) is 28.8 Å². The second kappa shape index (κ2) is 8.46. The third-order valence-electron chi connectivity index (χ3n) is 4.94. The molecule has 11 heteroatoms. The zero-order chi connectivity index (χ0) is 23.8. The van der Waals surface area contributed by atoms with E-state index in [1.165, 1.54) is 60.8 Å². The Morgan fingerprint density at radius 3 is 2.36 bits per heavy atom. The van der Waals surface area contributed by atoms with Crippen LogP contribution in [0, 0.1) is 0 Å². The van der Waals surface area contributed by atoms with E-state index in [0.29, 0.717) is 6.20 Å². The SMILES string of the molecule is O=C=C[N+]1(c2cccnc2)C(C(F)(F)F)=Nc2c(NC(=O)c3c(Cl)cccc3Cl)cccc21. The molecule has 33 heavy (non-hydrogen) atoms. The molecule has 0 radical (unpaired) electrons. The van der Waals surface area contributed by atoms with Crippen LogP contribution in [0.5, 0.6) is 0 Å². The molecule has 0 spiro atoms. The third kappa shape index (κ3) is 3.81. The van der Waals surface area contributed by atoms with Crippen molar-refractivity contribution in [3.8, 4) is 0 Å². The van der Waals surface area contributed by atoms with Gasteiger partial charge in [-0.15, -0.1) is 0 Å². The van der Waals surface area contributed by atoms with Gasteiger partial charge in [0.1, 0.15) is 0 Å². The summed E-state index contributed by atoms with van der Waals surface area (Å²) >= 11 is 12.2. The van der Waals surface area contributed by atoms with E-state index >= 15 is 0 Å². The number of anilines is 1. The van der Waals surface area contributed by atoms with Crippen LogP contribution >= 0.6 is 23.2 Å². The van der Waals surface area contributed by atoms with E-state index in [-0.39, 0.29) is 38.4 Å². The van der Waals surface area contributed by atoms with Crippen LogP contribution in [0.2, 0.25) is 10.0 Å².